The molecule has 1 saturated heterocycles. The predicted octanol–water partition coefficient (Wildman–Crippen LogP) is 4.00. The van der Waals surface area contributed by atoms with Crippen molar-refractivity contribution in [1.29, 1.82) is 0 Å². The van der Waals surface area contributed by atoms with Crippen LogP contribution >= 0.6 is 0 Å². The van der Waals surface area contributed by atoms with Gasteiger partial charge in [-0.05, 0) is 37.1 Å². The van der Waals surface area contributed by atoms with Crippen LogP contribution in [0.25, 0.3) is 5.69 Å². The van der Waals surface area contributed by atoms with Gasteiger partial charge in [0.05, 0.1) is 11.9 Å². The summed E-state index contributed by atoms with van der Waals surface area (Å²) in [5.41, 5.74) is -1.87. The number of carboxylic acid groups (broad SMARTS) is 1. The van der Waals surface area contributed by atoms with Crippen molar-refractivity contribution in [2.75, 3.05) is 13.1 Å². The molecule has 1 fully saturated rings. The number of aromatic nitrogens is 2. The summed E-state index contributed by atoms with van der Waals surface area (Å²) in [6.45, 7) is 1.33. The Hall–Kier alpha value is -2.84. The van der Waals surface area contributed by atoms with E-state index in [2.05, 4.69) is 5.10 Å². The molecule has 0 spiro atoms. The van der Waals surface area contributed by atoms with Gasteiger partial charge in [-0.25, -0.2) is 9.48 Å². The third-order valence-electron chi connectivity index (χ3n) is 4.77. The molecule has 3 rings (SSSR count). The monoisotopic (exact) mass is 395 g/mol. The Bertz CT molecular complexity index is 852. The SMILES string of the molecule is O=C(O)c1cnn(-c2ccc(C(=O)N3CCCCCCC3)cc2)c1C(F)(F)F. The van der Waals surface area contributed by atoms with Gasteiger partial charge in [0.1, 0.15) is 5.56 Å². The normalized spacial score (nSPS) is 15.8. The van der Waals surface area contributed by atoms with Gasteiger partial charge in [-0.3, -0.25) is 4.79 Å². The Morgan fingerprint density at radius 3 is 2.07 bits per heavy atom. The number of halogens is 3. The minimum atomic E-state index is -4.89. The number of hydrogen-bond acceptors (Lipinski definition) is 3. The largest absolute Gasteiger partial charge is 0.478 e. The maximum Gasteiger partial charge on any atom is 0.434 e. The average molecular weight is 395 g/mol. The number of benzene rings is 1. The lowest BCUT2D eigenvalue weighted by atomic mass is 10.1. The molecular formula is C19H20F3N3O3. The highest BCUT2D eigenvalue weighted by Gasteiger charge is 2.40. The summed E-state index contributed by atoms with van der Waals surface area (Å²) in [5.74, 6) is -1.86. The second kappa shape index (κ2) is 8.04. The molecule has 2 heterocycles. The summed E-state index contributed by atoms with van der Waals surface area (Å²) in [5, 5.41) is 12.6. The molecule has 1 aliphatic rings. The number of carboxylic acids is 1. The average Bonchev–Trinajstić information content (AvgIpc) is 3.07. The zero-order valence-corrected chi connectivity index (χ0v) is 15.1. The molecule has 9 heteroatoms. The van der Waals surface area contributed by atoms with Crippen LogP contribution in [0.1, 0.15) is 58.5 Å². The van der Waals surface area contributed by atoms with Crippen molar-refractivity contribution >= 4 is 11.9 Å². The van der Waals surface area contributed by atoms with Crippen molar-refractivity contribution in [3.63, 3.8) is 0 Å². The zero-order chi connectivity index (χ0) is 20.3. The fraction of sp³-hybridized carbons (Fsp3) is 0.421. The molecule has 2 aromatic rings. The number of nitrogens with zero attached hydrogens (tertiary/aromatic N) is 3. The van der Waals surface area contributed by atoms with Crippen molar-refractivity contribution in [3.8, 4) is 5.69 Å². The molecule has 6 nitrogen and oxygen atoms in total. The van der Waals surface area contributed by atoms with Crippen LogP contribution in [0.4, 0.5) is 13.2 Å². The van der Waals surface area contributed by atoms with Gasteiger partial charge in [0.2, 0.25) is 0 Å². The highest BCUT2D eigenvalue weighted by molar-refractivity contribution is 5.94. The number of aromatic carboxylic acids is 1. The maximum absolute atomic E-state index is 13.3. The third kappa shape index (κ3) is 4.18. The molecule has 0 bridgehead atoms. The van der Waals surface area contributed by atoms with Gasteiger partial charge >= 0.3 is 12.1 Å². The molecule has 0 unspecified atom stereocenters. The van der Waals surface area contributed by atoms with Crippen LogP contribution in [0, 0.1) is 0 Å². The summed E-state index contributed by atoms with van der Waals surface area (Å²) in [6.07, 6.45) is 0.977. The van der Waals surface area contributed by atoms with Gasteiger partial charge in [-0.15, -0.1) is 0 Å². The number of carbonyl (C=O) groups is 2. The Morgan fingerprint density at radius 2 is 1.54 bits per heavy atom. The van der Waals surface area contributed by atoms with Crippen molar-refractivity contribution in [2.45, 2.75) is 38.3 Å². The van der Waals surface area contributed by atoms with Gasteiger partial charge in [0, 0.05) is 18.7 Å². The zero-order valence-electron chi connectivity index (χ0n) is 15.1. The molecule has 1 amide bonds. The summed E-state index contributed by atoms with van der Waals surface area (Å²) in [7, 11) is 0. The van der Waals surface area contributed by atoms with Gasteiger partial charge in [0.25, 0.3) is 5.91 Å². The van der Waals surface area contributed by atoms with Gasteiger partial charge in [-0.1, -0.05) is 19.3 Å². The van der Waals surface area contributed by atoms with E-state index >= 15 is 0 Å². The predicted molar refractivity (Wildman–Crippen MR) is 94.5 cm³/mol. The van der Waals surface area contributed by atoms with Crippen LogP contribution in [0.5, 0.6) is 0 Å². The van der Waals surface area contributed by atoms with E-state index in [1.807, 2.05) is 0 Å². The Balaban J connectivity index is 1.87. The molecule has 0 atom stereocenters. The molecule has 1 aliphatic heterocycles. The Morgan fingerprint density at radius 1 is 0.964 bits per heavy atom. The minimum Gasteiger partial charge on any atom is -0.478 e. The van der Waals surface area contributed by atoms with Crippen LogP contribution in [0.15, 0.2) is 30.5 Å². The van der Waals surface area contributed by atoms with Crippen molar-refractivity contribution in [3.05, 3.63) is 47.3 Å². The third-order valence-corrected chi connectivity index (χ3v) is 4.77. The van der Waals surface area contributed by atoms with Crippen LogP contribution in [-0.4, -0.2) is 44.8 Å². The molecule has 28 heavy (non-hydrogen) atoms. The fourth-order valence-corrected chi connectivity index (χ4v) is 3.35. The second-order valence-electron chi connectivity index (χ2n) is 6.73. The van der Waals surface area contributed by atoms with Gasteiger partial charge in [0.15, 0.2) is 5.69 Å². The summed E-state index contributed by atoms with van der Waals surface area (Å²) < 4.78 is 40.5. The first-order chi connectivity index (χ1) is 13.3. The lowest BCUT2D eigenvalue weighted by Gasteiger charge is -2.25. The van der Waals surface area contributed by atoms with Gasteiger partial charge < -0.3 is 10.0 Å². The van der Waals surface area contributed by atoms with Crippen LogP contribution in [0.2, 0.25) is 0 Å². The maximum atomic E-state index is 13.3. The summed E-state index contributed by atoms with van der Waals surface area (Å²) in [4.78, 5) is 25.5. The van der Waals surface area contributed by atoms with Crippen molar-refractivity contribution < 1.29 is 27.9 Å². The Labute approximate surface area is 159 Å². The number of alkyl halides is 3. The number of rotatable bonds is 3. The van der Waals surface area contributed by atoms with E-state index in [-0.39, 0.29) is 11.6 Å². The first kappa shape index (κ1) is 19.9. The lowest BCUT2D eigenvalue weighted by Crippen LogP contribution is -2.33. The van der Waals surface area contributed by atoms with Crippen molar-refractivity contribution in [2.24, 2.45) is 0 Å². The first-order valence-corrected chi connectivity index (χ1v) is 9.07. The number of likely N-dealkylation sites (tertiary alicyclic amines) is 1. The highest BCUT2D eigenvalue weighted by atomic mass is 19.4. The van der Waals surface area contributed by atoms with Crippen molar-refractivity contribution in [1.82, 2.24) is 14.7 Å². The van der Waals surface area contributed by atoms with E-state index in [0.29, 0.717) is 29.5 Å². The van der Waals surface area contributed by atoms with E-state index in [4.69, 9.17) is 5.11 Å². The Kier molecular flexibility index (Phi) is 5.71. The first-order valence-electron chi connectivity index (χ1n) is 9.07. The highest BCUT2D eigenvalue weighted by Crippen LogP contribution is 2.33. The van der Waals surface area contributed by atoms with E-state index in [1.54, 1.807) is 4.90 Å². The topological polar surface area (TPSA) is 75.4 Å². The summed E-state index contributed by atoms with van der Waals surface area (Å²) >= 11 is 0. The van der Waals surface area contributed by atoms with E-state index in [0.717, 1.165) is 25.7 Å². The molecule has 1 aromatic carbocycles. The molecule has 0 radical (unpaired) electrons. The standard InChI is InChI=1S/C19H20F3N3O3/c20-19(21,22)16-15(18(27)28)12-23-25(16)14-8-6-13(7-9-14)17(26)24-10-4-2-1-3-5-11-24/h6-9,12H,1-5,10-11H2,(H,27,28). The minimum absolute atomic E-state index is 0.0315. The lowest BCUT2D eigenvalue weighted by molar-refractivity contribution is -0.143. The summed E-state index contributed by atoms with van der Waals surface area (Å²) in [6, 6.07) is 5.56. The molecule has 1 aromatic heterocycles. The quantitative estimate of drug-likeness (QED) is 0.853. The van der Waals surface area contributed by atoms with Gasteiger partial charge in [-0.2, -0.15) is 18.3 Å². The number of carbonyl (C=O) groups excluding carboxylic acids is 1. The van der Waals surface area contributed by atoms with E-state index in [1.165, 1.54) is 30.7 Å². The van der Waals surface area contributed by atoms with E-state index in [9.17, 15) is 22.8 Å². The smallest absolute Gasteiger partial charge is 0.434 e. The second-order valence-corrected chi connectivity index (χ2v) is 6.73. The number of hydrogen-bond donors (Lipinski definition) is 1. The molecule has 1 N–H and O–H groups in total. The molecule has 0 aliphatic carbocycles. The number of amides is 1. The van der Waals surface area contributed by atoms with E-state index < -0.39 is 23.4 Å². The van der Waals surface area contributed by atoms with Crippen LogP contribution in [-0.2, 0) is 6.18 Å². The fourth-order valence-electron chi connectivity index (χ4n) is 3.35. The molecule has 0 saturated carbocycles. The van der Waals surface area contributed by atoms with Crippen LogP contribution in [0.3, 0.4) is 0 Å². The molecular weight excluding hydrogens is 375 g/mol. The van der Waals surface area contributed by atoms with Crippen LogP contribution < -0.4 is 0 Å². The molecule has 150 valence electrons.